The second kappa shape index (κ2) is 10.6. The standard InChI is InChI=1S/C17H31NO5/c1-5-22-10-6-9-18(11-13(2)17(20)21-4)16(19)14(3)23-12-15-7-8-15/h13-15H,5-12H2,1-4H3/t13-,14-/m0/s1. The summed E-state index contributed by atoms with van der Waals surface area (Å²) in [5.41, 5.74) is 0. The fourth-order valence-electron chi connectivity index (χ4n) is 2.29. The summed E-state index contributed by atoms with van der Waals surface area (Å²) in [6, 6.07) is 0. The number of ether oxygens (including phenoxy) is 3. The van der Waals surface area contributed by atoms with Crippen molar-refractivity contribution in [1.82, 2.24) is 4.90 Å². The van der Waals surface area contributed by atoms with E-state index in [1.54, 1.807) is 18.7 Å². The van der Waals surface area contributed by atoms with Crippen LogP contribution in [0.2, 0.25) is 0 Å². The maximum atomic E-state index is 12.6. The second-order valence-corrected chi connectivity index (χ2v) is 6.18. The molecule has 6 nitrogen and oxygen atoms in total. The largest absolute Gasteiger partial charge is 0.469 e. The van der Waals surface area contributed by atoms with E-state index in [4.69, 9.17) is 14.2 Å². The van der Waals surface area contributed by atoms with Gasteiger partial charge in [-0.1, -0.05) is 6.92 Å². The molecule has 0 unspecified atom stereocenters. The topological polar surface area (TPSA) is 65.1 Å². The van der Waals surface area contributed by atoms with Crippen LogP contribution >= 0.6 is 0 Å². The number of hydrogen-bond acceptors (Lipinski definition) is 5. The SMILES string of the molecule is CCOCCCN(C[C@H](C)C(=O)OC)C(=O)[C@H](C)OCC1CC1. The van der Waals surface area contributed by atoms with Gasteiger partial charge in [0, 0.05) is 26.3 Å². The predicted molar refractivity (Wildman–Crippen MR) is 87.0 cm³/mol. The number of amides is 1. The van der Waals surface area contributed by atoms with Gasteiger partial charge in [-0.05, 0) is 39.0 Å². The van der Waals surface area contributed by atoms with Crippen LogP contribution in [0.5, 0.6) is 0 Å². The normalized spacial score (nSPS) is 16.7. The summed E-state index contributed by atoms with van der Waals surface area (Å²) < 4.78 is 15.7. The molecule has 134 valence electrons. The first kappa shape index (κ1) is 19.9. The van der Waals surface area contributed by atoms with Gasteiger partial charge < -0.3 is 19.1 Å². The van der Waals surface area contributed by atoms with E-state index in [-0.39, 0.29) is 17.8 Å². The van der Waals surface area contributed by atoms with Crippen molar-refractivity contribution in [2.75, 3.05) is 40.0 Å². The van der Waals surface area contributed by atoms with E-state index in [0.717, 1.165) is 6.42 Å². The molecule has 1 amide bonds. The van der Waals surface area contributed by atoms with Crippen molar-refractivity contribution in [3.8, 4) is 0 Å². The van der Waals surface area contributed by atoms with Crippen LogP contribution in [0.25, 0.3) is 0 Å². The molecule has 1 fully saturated rings. The van der Waals surface area contributed by atoms with E-state index in [1.807, 2.05) is 6.92 Å². The zero-order chi connectivity index (χ0) is 17.2. The van der Waals surface area contributed by atoms with E-state index >= 15 is 0 Å². The molecule has 1 aliphatic rings. The molecule has 0 aromatic rings. The number of rotatable bonds is 12. The van der Waals surface area contributed by atoms with E-state index in [1.165, 1.54) is 20.0 Å². The van der Waals surface area contributed by atoms with E-state index in [0.29, 0.717) is 38.8 Å². The minimum Gasteiger partial charge on any atom is -0.469 e. The Morgan fingerprint density at radius 3 is 2.52 bits per heavy atom. The first-order chi connectivity index (χ1) is 11.0. The van der Waals surface area contributed by atoms with Gasteiger partial charge in [-0.15, -0.1) is 0 Å². The average molecular weight is 329 g/mol. The number of carbonyl (C=O) groups excluding carboxylic acids is 2. The van der Waals surface area contributed by atoms with Crippen molar-refractivity contribution in [3.05, 3.63) is 0 Å². The Labute approximate surface area is 139 Å². The maximum absolute atomic E-state index is 12.6. The minimum absolute atomic E-state index is 0.0714. The fourth-order valence-corrected chi connectivity index (χ4v) is 2.29. The molecule has 0 heterocycles. The molecule has 0 spiro atoms. The molecular weight excluding hydrogens is 298 g/mol. The highest BCUT2D eigenvalue weighted by Gasteiger charge is 2.28. The first-order valence-corrected chi connectivity index (χ1v) is 8.55. The van der Waals surface area contributed by atoms with Crippen molar-refractivity contribution in [2.24, 2.45) is 11.8 Å². The minimum atomic E-state index is -0.479. The lowest BCUT2D eigenvalue weighted by atomic mass is 10.1. The van der Waals surface area contributed by atoms with Crippen molar-refractivity contribution >= 4 is 11.9 Å². The molecule has 0 saturated heterocycles. The van der Waals surface area contributed by atoms with Gasteiger partial charge in [0.05, 0.1) is 19.6 Å². The quantitative estimate of drug-likeness (QED) is 0.404. The Balaban J connectivity index is 2.51. The summed E-state index contributed by atoms with van der Waals surface area (Å²) in [6.07, 6.45) is 2.65. The molecule has 1 saturated carbocycles. The predicted octanol–water partition coefficient (Wildman–Crippen LogP) is 1.87. The molecule has 0 bridgehead atoms. The molecular formula is C17H31NO5. The molecule has 0 aliphatic heterocycles. The van der Waals surface area contributed by atoms with Crippen LogP contribution in [0.4, 0.5) is 0 Å². The van der Waals surface area contributed by atoms with Crippen LogP contribution in [-0.4, -0.2) is 62.9 Å². The first-order valence-electron chi connectivity index (χ1n) is 8.55. The third-order valence-electron chi connectivity index (χ3n) is 3.96. The highest BCUT2D eigenvalue weighted by Crippen LogP contribution is 2.29. The Hall–Kier alpha value is -1.14. The second-order valence-electron chi connectivity index (χ2n) is 6.18. The number of carbonyl (C=O) groups is 2. The zero-order valence-corrected chi connectivity index (χ0v) is 14.9. The molecule has 0 radical (unpaired) electrons. The Morgan fingerprint density at radius 1 is 1.26 bits per heavy atom. The van der Waals surface area contributed by atoms with Crippen molar-refractivity contribution in [2.45, 2.75) is 46.1 Å². The van der Waals surface area contributed by atoms with Crippen LogP contribution in [0.3, 0.4) is 0 Å². The summed E-state index contributed by atoms with van der Waals surface area (Å²) in [6.45, 7) is 8.29. The molecule has 0 aromatic carbocycles. The van der Waals surface area contributed by atoms with E-state index < -0.39 is 6.10 Å². The number of nitrogens with zero attached hydrogens (tertiary/aromatic N) is 1. The van der Waals surface area contributed by atoms with Crippen molar-refractivity contribution in [3.63, 3.8) is 0 Å². The average Bonchev–Trinajstić information content (AvgIpc) is 3.38. The lowest BCUT2D eigenvalue weighted by Crippen LogP contribution is -2.43. The smallest absolute Gasteiger partial charge is 0.310 e. The van der Waals surface area contributed by atoms with Gasteiger partial charge in [0.1, 0.15) is 6.10 Å². The molecule has 0 aromatic heterocycles. The summed E-state index contributed by atoms with van der Waals surface area (Å²) in [7, 11) is 1.36. The van der Waals surface area contributed by atoms with Gasteiger partial charge >= 0.3 is 5.97 Å². The van der Waals surface area contributed by atoms with Gasteiger partial charge in [-0.2, -0.15) is 0 Å². The number of hydrogen-bond donors (Lipinski definition) is 0. The third-order valence-corrected chi connectivity index (χ3v) is 3.96. The molecule has 0 N–H and O–H groups in total. The van der Waals surface area contributed by atoms with Gasteiger partial charge in [0.2, 0.25) is 0 Å². The van der Waals surface area contributed by atoms with E-state index in [2.05, 4.69) is 0 Å². The number of methoxy groups -OCH3 is 1. The van der Waals surface area contributed by atoms with Crippen molar-refractivity contribution in [1.29, 1.82) is 0 Å². The Bertz CT molecular complexity index is 370. The lowest BCUT2D eigenvalue weighted by molar-refractivity contribution is -0.149. The maximum Gasteiger partial charge on any atom is 0.310 e. The van der Waals surface area contributed by atoms with Crippen LogP contribution in [0.1, 0.15) is 40.0 Å². The van der Waals surface area contributed by atoms with Crippen LogP contribution in [-0.2, 0) is 23.8 Å². The highest BCUT2D eigenvalue weighted by molar-refractivity contribution is 5.81. The van der Waals surface area contributed by atoms with Gasteiger partial charge in [0.15, 0.2) is 0 Å². The van der Waals surface area contributed by atoms with Crippen molar-refractivity contribution < 1.29 is 23.8 Å². The van der Waals surface area contributed by atoms with Gasteiger partial charge in [-0.3, -0.25) is 9.59 Å². The molecule has 1 aliphatic carbocycles. The van der Waals surface area contributed by atoms with E-state index in [9.17, 15) is 9.59 Å². The molecule has 23 heavy (non-hydrogen) atoms. The Morgan fingerprint density at radius 2 is 1.96 bits per heavy atom. The summed E-state index contributed by atoms with van der Waals surface area (Å²) in [5.74, 6) is -0.116. The monoisotopic (exact) mass is 329 g/mol. The van der Waals surface area contributed by atoms with Crippen LogP contribution in [0.15, 0.2) is 0 Å². The van der Waals surface area contributed by atoms with Gasteiger partial charge in [-0.25, -0.2) is 0 Å². The Kier molecular flexibility index (Phi) is 9.17. The summed E-state index contributed by atoms with van der Waals surface area (Å²) in [4.78, 5) is 25.9. The molecule has 6 heteroatoms. The third kappa shape index (κ3) is 7.79. The lowest BCUT2D eigenvalue weighted by Gasteiger charge is -2.27. The van der Waals surface area contributed by atoms with Gasteiger partial charge in [0.25, 0.3) is 5.91 Å². The van der Waals surface area contributed by atoms with Crippen LogP contribution < -0.4 is 0 Å². The fraction of sp³-hybridized carbons (Fsp3) is 0.882. The zero-order valence-electron chi connectivity index (χ0n) is 14.9. The summed E-state index contributed by atoms with van der Waals surface area (Å²) in [5, 5.41) is 0. The molecule has 2 atom stereocenters. The highest BCUT2D eigenvalue weighted by atomic mass is 16.5. The molecule has 1 rings (SSSR count). The van der Waals surface area contributed by atoms with Crippen LogP contribution in [0, 0.1) is 11.8 Å². The summed E-state index contributed by atoms with van der Waals surface area (Å²) >= 11 is 0. The number of esters is 1.